The van der Waals surface area contributed by atoms with E-state index in [0.29, 0.717) is 0 Å². The Kier molecular flexibility index (Phi) is 21100. The van der Waals surface area contributed by atoms with Gasteiger partial charge in [-0.25, -0.2) is 0 Å². The van der Waals surface area contributed by atoms with E-state index in [2.05, 4.69) is 0 Å². The summed E-state index contributed by atoms with van der Waals surface area (Å²) in [6, 6.07) is 0. The molecule has 0 aromatic carbocycles. The second kappa shape index (κ2) is 228. The van der Waals surface area contributed by atoms with Crippen LogP contribution in [0.1, 0.15) is 0 Å². The normalized spacial score (nSPS) is 0. The Bertz CT molecular complexity index is 3.61. The molecule has 1 radical (unpaired) electrons. The number of rotatable bonds is 0. The van der Waals surface area contributed by atoms with Crippen molar-refractivity contribution in [3.63, 3.8) is 0 Å². The molecule has 0 saturated carbocycles. The van der Waals surface area contributed by atoms with E-state index in [-0.39, 0.29) is 42.0 Å². The molecule has 0 aromatic rings. The maximum absolute atomic E-state index is 0. The molecule has 4 nitrogen and oxygen atoms in total. The van der Waals surface area contributed by atoms with Crippen molar-refractivity contribution in [3.05, 3.63) is 0 Å². The third kappa shape index (κ3) is 116. The molecule has 0 aliphatic heterocycles. The molecular formula is H4IrO4-4. The van der Waals surface area contributed by atoms with Crippen molar-refractivity contribution >= 4 is 0 Å². The van der Waals surface area contributed by atoms with Crippen LogP contribution in [0.3, 0.4) is 0 Å². The topological polar surface area (TPSA) is 120 Å². The Hall–Kier alpha value is 0.489. The smallest absolute Gasteiger partial charge is 0 e. The minimum Gasteiger partial charge on any atom is -2.00 e. The second-order valence-electron chi connectivity index (χ2n) is 0. The van der Waals surface area contributed by atoms with E-state index in [0.717, 1.165) is 0 Å². The summed E-state index contributed by atoms with van der Waals surface area (Å²) in [5, 5.41) is 0. The van der Waals surface area contributed by atoms with Crippen LogP contribution >= 0.6 is 0 Å². The second-order valence-corrected chi connectivity index (χ2v) is 0. The maximum atomic E-state index is 0. The molecule has 0 aromatic heterocycles. The van der Waals surface area contributed by atoms with Crippen LogP contribution in [-0.2, 0) is 31.1 Å². The van der Waals surface area contributed by atoms with Crippen molar-refractivity contribution in [1.29, 1.82) is 0 Å². The van der Waals surface area contributed by atoms with Crippen molar-refractivity contribution < 1.29 is 42.0 Å². The Labute approximate surface area is 42.8 Å². The van der Waals surface area contributed by atoms with Crippen molar-refractivity contribution in [2.75, 3.05) is 0 Å². The molecule has 4 N–H and O–H groups in total. The fourth-order valence-electron chi connectivity index (χ4n) is 0. The van der Waals surface area contributed by atoms with E-state index in [4.69, 9.17) is 0 Å². The fraction of sp³-hybridized carbons (Fsp3) is 0. The number of hydrogen-bond donors (Lipinski definition) is 0. The average molecular weight is 260 g/mol. The van der Waals surface area contributed by atoms with Gasteiger partial charge in [0.15, 0.2) is 0 Å². The van der Waals surface area contributed by atoms with E-state index in [1.165, 1.54) is 0 Å². The first-order valence-corrected chi connectivity index (χ1v) is 0. The van der Waals surface area contributed by atoms with Gasteiger partial charge in [0.1, 0.15) is 0 Å². The summed E-state index contributed by atoms with van der Waals surface area (Å²) >= 11 is 0. The summed E-state index contributed by atoms with van der Waals surface area (Å²) in [5.74, 6) is 0. The zero-order chi connectivity index (χ0) is 0. The van der Waals surface area contributed by atoms with Gasteiger partial charge in [-0.2, -0.15) is 0 Å². The Morgan fingerprint density at radius 3 is 0.600 bits per heavy atom. The zero-order valence-electron chi connectivity index (χ0n) is 2.15. The van der Waals surface area contributed by atoms with Gasteiger partial charge in [-0.1, -0.05) is 0 Å². The minimum absolute atomic E-state index is 0. The molecule has 0 fully saturated rings. The predicted molar refractivity (Wildman–Crippen MR) is 8.60 cm³/mol. The summed E-state index contributed by atoms with van der Waals surface area (Å²) < 4.78 is 0. The van der Waals surface area contributed by atoms with Crippen LogP contribution in [0, 0.1) is 0 Å². The van der Waals surface area contributed by atoms with E-state index < -0.39 is 0 Å². The first-order valence-electron chi connectivity index (χ1n) is 0. The van der Waals surface area contributed by atoms with Gasteiger partial charge in [-0.3, -0.25) is 0 Å². The van der Waals surface area contributed by atoms with Crippen molar-refractivity contribution in [3.8, 4) is 0 Å². The van der Waals surface area contributed by atoms with Crippen LogP contribution in [0.4, 0.5) is 0 Å². The summed E-state index contributed by atoms with van der Waals surface area (Å²) in [5.41, 5.74) is 0. The molecule has 0 unspecified atom stereocenters. The van der Waals surface area contributed by atoms with Gasteiger partial charge in [0, 0.05) is 20.1 Å². The first-order chi connectivity index (χ1) is 0. The van der Waals surface area contributed by atoms with Gasteiger partial charge in [-0.15, -0.1) is 0 Å². The minimum atomic E-state index is 0. The van der Waals surface area contributed by atoms with Crippen molar-refractivity contribution in [2.24, 2.45) is 0 Å². The first kappa shape index (κ1) is 462. The molecule has 0 aliphatic carbocycles. The van der Waals surface area contributed by atoms with Crippen LogP contribution in [0.2, 0.25) is 0 Å². The summed E-state index contributed by atoms with van der Waals surface area (Å²) in [4.78, 5) is 0. The zero-order valence-corrected chi connectivity index (χ0v) is 4.54. The Morgan fingerprint density at radius 2 is 0.600 bits per heavy atom. The largest absolute Gasteiger partial charge is 2.00 e. The van der Waals surface area contributed by atoms with Crippen LogP contribution in [0.15, 0.2) is 0 Å². The molecule has 0 rings (SSSR count). The van der Waals surface area contributed by atoms with Gasteiger partial charge >= 0.3 is 0 Å². The van der Waals surface area contributed by atoms with E-state index in [9.17, 15) is 0 Å². The maximum Gasteiger partial charge on any atom is 0 e. The van der Waals surface area contributed by atoms with Crippen LogP contribution in [0.25, 0.3) is 0 Å². The van der Waals surface area contributed by atoms with E-state index in [1.54, 1.807) is 0 Å². The van der Waals surface area contributed by atoms with Crippen LogP contribution in [-0.4, -0.2) is 11.0 Å². The molecule has 0 heterocycles. The molecule has 0 spiro atoms. The van der Waals surface area contributed by atoms with Crippen molar-refractivity contribution in [1.82, 2.24) is 0 Å². The quantitative estimate of drug-likeness (QED) is 0.484. The molecule has 5 heavy (non-hydrogen) atoms. The molecule has 0 amide bonds. The summed E-state index contributed by atoms with van der Waals surface area (Å²) in [6.45, 7) is 0. The van der Waals surface area contributed by atoms with Gasteiger partial charge in [0.25, 0.3) is 0 Å². The van der Waals surface area contributed by atoms with Crippen LogP contribution < -0.4 is 0 Å². The SMILES string of the molecule is O.O.[Ir].[O-2].[O-2]. The van der Waals surface area contributed by atoms with Gasteiger partial charge in [0.05, 0.1) is 0 Å². The summed E-state index contributed by atoms with van der Waals surface area (Å²) in [6.07, 6.45) is 0. The van der Waals surface area contributed by atoms with Gasteiger partial charge < -0.3 is 21.9 Å². The van der Waals surface area contributed by atoms with Crippen LogP contribution in [0.5, 0.6) is 0 Å². The van der Waals surface area contributed by atoms with Gasteiger partial charge in [-0.05, 0) is 0 Å². The van der Waals surface area contributed by atoms with Crippen molar-refractivity contribution in [2.45, 2.75) is 0 Å². The molecule has 0 atom stereocenters. The molecule has 5 heteroatoms. The fourth-order valence-corrected chi connectivity index (χ4v) is 0. The monoisotopic (exact) mass is 261 g/mol. The third-order valence-electron chi connectivity index (χ3n) is 0. The Balaban J connectivity index is 0. The molecule has 0 saturated heterocycles. The summed E-state index contributed by atoms with van der Waals surface area (Å²) in [7, 11) is 0. The molecule has 0 bridgehead atoms. The number of hydrogen-bond acceptors (Lipinski definition) is 0. The average Bonchev–Trinajstić information content (AvgIpc) is 0. The van der Waals surface area contributed by atoms with Gasteiger partial charge in [0.2, 0.25) is 0 Å². The Morgan fingerprint density at radius 1 is 0.600 bits per heavy atom. The molecule has 0 aliphatic rings. The molecule has 41 valence electrons. The van der Waals surface area contributed by atoms with E-state index >= 15 is 0 Å². The van der Waals surface area contributed by atoms with E-state index in [1.807, 2.05) is 0 Å². The third-order valence-corrected chi connectivity index (χ3v) is 0. The predicted octanol–water partition coefficient (Wildman–Crippen LogP) is -1.89. The standard InChI is InChI=1S/Ir.2H2O.2O/h;2*1H2;;/q;;;2*-2. The molecular weight excluding hydrogens is 256 g/mol.